The second-order valence-electron chi connectivity index (χ2n) is 10.1. The molecule has 0 spiro atoms. The number of hydrogen-bond acceptors (Lipinski definition) is 6. The quantitative estimate of drug-likeness (QED) is 0.423. The zero-order valence-electron chi connectivity index (χ0n) is 22.4. The van der Waals surface area contributed by atoms with Crippen LogP contribution < -0.4 is 10.6 Å². The third-order valence-corrected chi connectivity index (χ3v) is 6.79. The lowest BCUT2D eigenvalue weighted by Crippen LogP contribution is -2.58. The van der Waals surface area contributed by atoms with Crippen LogP contribution in [0.4, 0.5) is 22.0 Å². The third kappa shape index (κ3) is 7.57. The number of alkyl halides is 5. The maximum absolute atomic E-state index is 13.6. The van der Waals surface area contributed by atoms with Gasteiger partial charge >= 0.3 is 12.1 Å². The molecule has 0 radical (unpaired) electrons. The van der Waals surface area contributed by atoms with Gasteiger partial charge in [0.05, 0.1) is 25.8 Å². The summed E-state index contributed by atoms with van der Waals surface area (Å²) in [5, 5.41) is 4.46. The minimum Gasteiger partial charge on any atom is -0.378 e. The number of nitrogens with zero attached hydrogens (tertiary/aromatic N) is 2. The topological polar surface area (TPSA) is 125 Å². The Hall–Kier alpha value is -3.62. The van der Waals surface area contributed by atoms with Crippen LogP contribution in [0.25, 0.3) is 0 Å². The summed E-state index contributed by atoms with van der Waals surface area (Å²) in [6.07, 6.45) is -5.54. The molecule has 15 heteroatoms. The van der Waals surface area contributed by atoms with Crippen LogP contribution in [0, 0.1) is 5.92 Å². The lowest BCUT2D eigenvalue weighted by molar-refractivity contribution is -0.269. The number of carbonyl (C=O) groups excluding carboxylic acids is 5. The van der Waals surface area contributed by atoms with Crippen LogP contribution in [0.3, 0.4) is 0 Å². The van der Waals surface area contributed by atoms with Crippen LogP contribution >= 0.6 is 0 Å². The van der Waals surface area contributed by atoms with Crippen molar-refractivity contribution in [2.75, 3.05) is 39.4 Å². The lowest BCUT2D eigenvalue weighted by Gasteiger charge is -2.33. The maximum Gasteiger partial charge on any atom is 0.461 e. The zero-order chi connectivity index (χ0) is 30.5. The summed E-state index contributed by atoms with van der Waals surface area (Å²) in [4.78, 5) is 65.4. The van der Waals surface area contributed by atoms with Crippen LogP contribution in [0.2, 0.25) is 0 Å². The Balaban J connectivity index is 1.59. The van der Waals surface area contributed by atoms with Crippen molar-refractivity contribution in [2.45, 2.75) is 50.9 Å². The fourth-order valence-corrected chi connectivity index (χ4v) is 4.45. The number of carbonyl (C=O) groups is 5. The molecule has 0 aromatic heterocycles. The molecule has 0 aliphatic carbocycles. The van der Waals surface area contributed by atoms with E-state index in [-0.39, 0.29) is 24.4 Å². The molecule has 1 aromatic carbocycles. The largest absolute Gasteiger partial charge is 0.461 e. The molecule has 226 valence electrons. The Kier molecular flexibility index (Phi) is 10.0. The van der Waals surface area contributed by atoms with Gasteiger partial charge in [0.25, 0.3) is 11.8 Å². The van der Waals surface area contributed by atoms with E-state index in [1.54, 1.807) is 4.90 Å². The summed E-state index contributed by atoms with van der Waals surface area (Å²) < 4.78 is 70.5. The van der Waals surface area contributed by atoms with Gasteiger partial charge in [0, 0.05) is 30.8 Å². The number of benzene rings is 1. The van der Waals surface area contributed by atoms with E-state index in [0.717, 1.165) is 4.90 Å². The van der Waals surface area contributed by atoms with E-state index in [9.17, 15) is 45.9 Å². The normalized spacial score (nSPS) is 19.1. The predicted octanol–water partition coefficient (Wildman–Crippen LogP) is 1.79. The molecule has 2 atom stereocenters. The molecule has 2 fully saturated rings. The first-order chi connectivity index (χ1) is 19.1. The van der Waals surface area contributed by atoms with Crippen molar-refractivity contribution < 1.29 is 50.7 Å². The molecule has 1 unspecified atom stereocenters. The van der Waals surface area contributed by atoms with Crippen LogP contribution in [0.1, 0.15) is 47.4 Å². The molecule has 2 N–H and O–H groups in total. The van der Waals surface area contributed by atoms with Gasteiger partial charge in [-0.25, -0.2) is 0 Å². The maximum atomic E-state index is 13.6. The molecule has 3 rings (SSSR count). The first-order valence-electron chi connectivity index (χ1n) is 13.0. The molecular formula is C26H31F5N4O6. The van der Waals surface area contributed by atoms with E-state index in [1.807, 2.05) is 5.32 Å². The molecular weight excluding hydrogens is 559 g/mol. The van der Waals surface area contributed by atoms with E-state index in [4.69, 9.17) is 4.74 Å². The van der Waals surface area contributed by atoms with Crippen LogP contribution in [0.5, 0.6) is 0 Å². The number of halogens is 5. The molecule has 1 aromatic rings. The molecule has 2 aliphatic rings. The number of hydrogen-bond donors (Lipinski definition) is 2. The molecule has 4 amide bonds. The van der Waals surface area contributed by atoms with E-state index in [2.05, 4.69) is 5.32 Å². The summed E-state index contributed by atoms with van der Waals surface area (Å²) in [6.45, 7) is 3.51. The average Bonchev–Trinajstić information content (AvgIpc) is 2.92. The molecule has 0 saturated carbocycles. The highest BCUT2D eigenvalue weighted by atomic mass is 19.4. The molecule has 10 nitrogen and oxygen atoms in total. The van der Waals surface area contributed by atoms with Crippen molar-refractivity contribution in [3.8, 4) is 0 Å². The second-order valence-corrected chi connectivity index (χ2v) is 10.1. The zero-order valence-corrected chi connectivity index (χ0v) is 22.4. The van der Waals surface area contributed by atoms with Gasteiger partial charge in [0.15, 0.2) is 0 Å². The van der Waals surface area contributed by atoms with Crippen molar-refractivity contribution in [3.05, 3.63) is 35.4 Å². The lowest BCUT2D eigenvalue weighted by atomic mass is 9.95. The second kappa shape index (κ2) is 12.9. The Bertz CT molecular complexity index is 1150. The summed E-state index contributed by atoms with van der Waals surface area (Å²) in [7, 11) is 0. The molecule has 2 heterocycles. The monoisotopic (exact) mass is 590 g/mol. The van der Waals surface area contributed by atoms with E-state index in [1.165, 1.54) is 38.1 Å². The van der Waals surface area contributed by atoms with Crippen LogP contribution in [-0.2, 0) is 19.1 Å². The fourth-order valence-electron chi connectivity index (χ4n) is 4.45. The molecule has 0 bridgehead atoms. The van der Waals surface area contributed by atoms with Crippen molar-refractivity contribution in [2.24, 2.45) is 5.92 Å². The van der Waals surface area contributed by atoms with Gasteiger partial charge in [0.2, 0.25) is 17.6 Å². The van der Waals surface area contributed by atoms with Crippen LogP contribution in [-0.4, -0.2) is 103 Å². The van der Waals surface area contributed by atoms with Gasteiger partial charge < -0.3 is 25.2 Å². The summed E-state index contributed by atoms with van der Waals surface area (Å²) in [5.74, 6) is -11.8. The van der Waals surface area contributed by atoms with E-state index < -0.39 is 60.1 Å². The smallest absolute Gasteiger partial charge is 0.378 e. The van der Waals surface area contributed by atoms with Gasteiger partial charge in [-0.2, -0.15) is 22.0 Å². The minimum absolute atomic E-state index is 0.0655. The number of rotatable bonds is 9. The minimum atomic E-state index is -6.13. The van der Waals surface area contributed by atoms with Crippen molar-refractivity contribution in [3.63, 3.8) is 0 Å². The first kappa shape index (κ1) is 31.9. The fraction of sp³-hybridized carbons (Fsp3) is 0.577. The summed E-state index contributed by atoms with van der Waals surface area (Å²) >= 11 is 0. The number of amides is 4. The van der Waals surface area contributed by atoms with Crippen molar-refractivity contribution >= 4 is 29.4 Å². The Morgan fingerprint density at radius 2 is 1.56 bits per heavy atom. The Labute approximate surface area is 232 Å². The summed E-state index contributed by atoms with van der Waals surface area (Å²) in [6, 6.07) is 2.66. The SMILES string of the molecule is CC(C)C(NC(=O)CN1CCC[C@@H](NC(=O)c2ccc(C(=O)N3CCOCC3)cc2)C1=O)C(=O)C(F)(F)C(F)(F)F. The highest BCUT2D eigenvalue weighted by Crippen LogP contribution is 2.37. The Morgan fingerprint density at radius 1 is 0.976 bits per heavy atom. The standard InChI is InChI=1S/C26H31F5N4O6/c1-15(2)20(21(37)25(27,28)26(29,30)31)33-19(36)14-35-9-3-4-18(24(35)40)32-22(38)16-5-7-17(8-6-16)23(39)34-10-12-41-13-11-34/h5-8,15,18,20H,3-4,9-14H2,1-2H3,(H,32,38)(H,33,36)/t18-,20?/m1/s1. The number of ether oxygens (including phenoxy) is 1. The average molecular weight is 591 g/mol. The van der Waals surface area contributed by atoms with E-state index in [0.29, 0.717) is 38.3 Å². The van der Waals surface area contributed by atoms with Gasteiger partial charge in [0.1, 0.15) is 6.04 Å². The van der Waals surface area contributed by atoms with Crippen molar-refractivity contribution in [1.82, 2.24) is 20.4 Å². The van der Waals surface area contributed by atoms with E-state index >= 15 is 0 Å². The number of ketones is 1. The predicted molar refractivity (Wildman–Crippen MR) is 133 cm³/mol. The molecule has 2 aliphatic heterocycles. The van der Waals surface area contributed by atoms with Gasteiger partial charge in [-0.1, -0.05) is 13.8 Å². The van der Waals surface area contributed by atoms with Crippen molar-refractivity contribution in [1.29, 1.82) is 0 Å². The molecule has 2 saturated heterocycles. The van der Waals surface area contributed by atoms with Gasteiger partial charge in [-0.05, 0) is 43.0 Å². The highest BCUT2D eigenvalue weighted by Gasteiger charge is 2.64. The van der Waals surface area contributed by atoms with Crippen LogP contribution in [0.15, 0.2) is 24.3 Å². The number of Topliss-reactive ketones (excluding diaryl/α,β-unsaturated/α-hetero) is 1. The highest BCUT2D eigenvalue weighted by molar-refractivity contribution is 6.00. The van der Waals surface area contributed by atoms with Gasteiger partial charge in [-0.15, -0.1) is 0 Å². The Morgan fingerprint density at radius 3 is 2.12 bits per heavy atom. The number of piperidine rings is 1. The first-order valence-corrected chi connectivity index (χ1v) is 13.0. The van der Waals surface area contributed by atoms with Gasteiger partial charge in [-0.3, -0.25) is 24.0 Å². The molecule has 41 heavy (non-hydrogen) atoms. The third-order valence-electron chi connectivity index (χ3n) is 6.79. The summed E-state index contributed by atoms with van der Waals surface area (Å²) in [5.41, 5.74) is 0.552. The number of likely N-dealkylation sites (tertiary alicyclic amines) is 1. The number of morpholine rings is 1. The number of nitrogens with one attached hydrogen (secondary N) is 2.